The van der Waals surface area contributed by atoms with Crippen molar-refractivity contribution in [3.63, 3.8) is 0 Å². The van der Waals surface area contributed by atoms with Gasteiger partial charge < -0.3 is 10.5 Å². The van der Waals surface area contributed by atoms with Crippen molar-refractivity contribution in [3.8, 4) is 5.75 Å². The number of hydrogen-bond acceptors (Lipinski definition) is 5. The van der Waals surface area contributed by atoms with Crippen molar-refractivity contribution in [1.82, 2.24) is 4.98 Å². The number of aromatic nitrogens is 1. The largest absolute Gasteiger partial charge is 0.497 e. The zero-order chi connectivity index (χ0) is 14.8. The summed E-state index contributed by atoms with van der Waals surface area (Å²) in [4.78, 5) is 3.58. The molecule has 2 N–H and O–H groups in total. The molecule has 0 aliphatic carbocycles. The number of nitrogens with zero attached hydrogens (tertiary/aromatic N) is 1. The van der Waals surface area contributed by atoms with Gasteiger partial charge in [-0.2, -0.15) is 0 Å². The number of sulfone groups is 1. The van der Waals surface area contributed by atoms with Crippen LogP contribution in [0.3, 0.4) is 0 Å². The Hall–Kier alpha value is -2.15. The first-order valence-corrected chi connectivity index (χ1v) is 7.33. The van der Waals surface area contributed by atoms with Crippen molar-refractivity contribution in [2.24, 2.45) is 0 Å². The van der Waals surface area contributed by atoms with Crippen LogP contribution in [0.4, 0.5) is 10.1 Å². The molecule has 1 aromatic heterocycles. The molecule has 2 aromatic rings. The molecule has 0 bridgehead atoms. The summed E-state index contributed by atoms with van der Waals surface area (Å²) in [6.45, 7) is 0. The van der Waals surface area contributed by atoms with E-state index in [4.69, 9.17) is 10.5 Å². The lowest BCUT2D eigenvalue weighted by Crippen LogP contribution is -2.08. The minimum atomic E-state index is -3.71. The van der Waals surface area contributed by atoms with Gasteiger partial charge in [0, 0.05) is 12.3 Å². The van der Waals surface area contributed by atoms with Gasteiger partial charge >= 0.3 is 0 Å². The Balaban J connectivity index is 2.40. The van der Waals surface area contributed by atoms with Crippen LogP contribution in [0, 0.1) is 5.82 Å². The number of nitrogens with two attached hydrogens (primary N) is 1. The van der Waals surface area contributed by atoms with Gasteiger partial charge in [0.25, 0.3) is 0 Å². The smallest absolute Gasteiger partial charge is 0.184 e. The standard InChI is InChI=1S/C13H13FN2O3S/c1-19-11-2-3-12(15)13(5-11)20(17,18)8-9-4-10(14)7-16-6-9/h2-7H,8,15H2,1H3. The molecule has 20 heavy (non-hydrogen) atoms. The molecule has 0 saturated heterocycles. The van der Waals surface area contributed by atoms with Gasteiger partial charge in [0.1, 0.15) is 11.6 Å². The van der Waals surface area contributed by atoms with Crippen LogP contribution in [-0.2, 0) is 15.6 Å². The third-order valence-electron chi connectivity index (χ3n) is 2.67. The maximum absolute atomic E-state index is 13.0. The Morgan fingerprint density at radius 2 is 2.05 bits per heavy atom. The van der Waals surface area contributed by atoms with Crippen molar-refractivity contribution in [2.45, 2.75) is 10.6 Å². The van der Waals surface area contributed by atoms with Crippen LogP contribution < -0.4 is 10.5 Å². The molecular weight excluding hydrogens is 283 g/mol. The van der Waals surface area contributed by atoms with Gasteiger partial charge in [-0.15, -0.1) is 0 Å². The number of halogens is 1. The highest BCUT2D eigenvalue weighted by Crippen LogP contribution is 2.26. The fraction of sp³-hybridized carbons (Fsp3) is 0.154. The fourth-order valence-electron chi connectivity index (χ4n) is 1.74. The second-order valence-electron chi connectivity index (χ2n) is 4.17. The normalized spacial score (nSPS) is 11.3. The van der Waals surface area contributed by atoms with Crippen molar-refractivity contribution in [2.75, 3.05) is 12.8 Å². The van der Waals surface area contributed by atoms with Gasteiger partial charge in [-0.3, -0.25) is 4.98 Å². The van der Waals surface area contributed by atoms with E-state index in [1.807, 2.05) is 0 Å². The van der Waals surface area contributed by atoms with Crippen LogP contribution in [0.1, 0.15) is 5.56 Å². The summed E-state index contributed by atoms with van der Waals surface area (Å²) in [5, 5.41) is 0. The minimum absolute atomic E-state index is 0.0406. The molecule has 0 saturated carbocycles. The molecular formula is C13H13FN2O3S. The second-order valence-corrected chi connectivity index (χ2v) is 6.13. The van der Waals surface area contributed by atoms with Crippen molar-refractivity contribution >= 4 is 15.5 Å². The van der Waals surface area contributed by atoms with Crippen LogP contribution in [0.15, 0.2) is 41.6 Å². The molecule has 0 amide bonds. The van der Waals surface area contributed by atoms with Crippen molar-refractivity contribution in [3.05, 3.63) is 48.0 Å². The second kappa shape index (κ2) is 5.46. The number of methoxy groups -OCH3 is 1. The van der Waals surface area contributed by atoms with Crippen LogP contribution in [0.2, 0.25) is 0 Å². The summed E-state index contributed by atoms with van der Waals surface area (Å²) in [7, 11) is -2.28. The molecule has 1 aromatic carbocycles. The maximum atomic E-state index is 13.0. The van der Waals surface area contributed by atoms with E-state index in [0.29, 0.717) is 5.75 Å². The Morgan fingerprint density at radius 1 is 1.30 bits per heavy atom. The summed E-state index contributed by atoms with van der Waals surface area (Å²) in [5.74, 6) is -0.582. The highest BCUT2D eigenvalue weighted by atomic mass is 32.2. The lowest BCUT2D eigenvalue weighted by atomic mass is 10.3. The zero-order valence-electron chi connectivity index (χ0n) is 10.7. The van der Waals surface area contributed by atoms with E-state index in [1.165, 1.54) is 25.4 Å². The van der Waals surface area contributed by atoms with E-state index >= 15 is 0 Å². The quantitative estimate of drug-likeness (QED) is 0.870. The first-order chi connectivity index (χ1) is 9.42. The Labute approximate surface area is 116 Å². The SMILES string of the molecule is COc1ccc(N)c(S(=O)(=O)Cc2cncc(F)c2)c1. The molecule has 7 heteroatoms. The molecule has 5 nitrogen and oxygen atoms in total. The molecule has 0 radical (unpaired) electrons. The topological polar surface area (TPSA) is 82.3 Å². The fourth-order valence-corrected chi connectivity index (χ4v) is 3.22. The lowest BCUT2D eigenvalue weighted by molar-refractivity contribution is 0.413. The number of ether oxygens (including phenoxy) is 1. The number of nitrogen functional groups attached to an aromatic ring is 1. The Morgan fingerprint density at radius 3 is 2.70 bits per heavy atom. The van der Waals surface area contributed by atoms with Gasteiger partial charge in [0.2, 0.25) is 0 Å². The summed E-state index contributed by atoms with van der Waals surface area (Å²) in [5.41, 5.74) is 6.07. The molecule has 0 atom stereocenters. The lowest BCUT2D eigenvalue weighted by Gasteiger charge is -2.09. The Bertz CT molecular complexity index is 732. The Kier molecular flexibility index (Phi) is 3.89. The summed E-state index contributed by atoms with van der Waals surface area (Å²) in [6.07, 6.45) is 2.31. The summed E-state index contributed by atoms with van der Waals surface area (Å²) >= 11 is 0. The molecule has 0 fully saturated rings. The third-order valence-corrected chi connectivity index (χ3v) is 4.41. The highest BCUT2D eigenvalue weighted by Gasteiger charge is 2.19. The average Bonchev–Trinajstić information content (AvgIpc) is 2.38. The number of hydrogen-bond donors (Lipinski definition) is 1. The molecule has 0 spiro atoms. The monoisotopic (exact) mass is 296 g/mol. The predicted octanol–water partition coefficient (Wildman–Crippen LogP) is 1.79. The van der Waals surface area contributed by atoms with Gasteiger partial charge in [-0.05, 0) is 23.8 Å². The number of pyridine rings is 1. The molecule has 106 valence electrons. The van der Waals surface area contributed by atoms with E-state index in [-0.39, 0.29) is 21.9 Å². The van der Waals surface area contributed by atoms with Crippen LogP contribution in [0.25, 0.3) is 0 Å². The van der Waals surface area contributed by atoms with Crippen LogP contribution >= 0.6 is 0 Å². The molecule has 1 heterocycles. The molecule has 2 rings (SSSR count). The first kappa shape index (κ1) is 14.3. The van der Waals surface area contributed by atoms with Gasteiger partial charge in [-0.25, -0.2) is 12.8 Å². The van der Waals surface area contributed by atoms with E-state index in [0.717, 1.165) is 12.3 Å². The van der Waals surface area contributed by atoms with E-state index < -0.39 is 15.7 Å². The average molecular weight is 296 g/mol. The van der Waals surface area contributed by atoms with E-state index in [1.54, 1.807) is 6.07 Å². The number of anilines is 1. The first-order valence-electron chi connectivity index (χ1n) is 5.68. The molecule has 0 aliphatic rings. The van der Waals surface area contributed by atoms with Gasteiger partial charge in [0.05, 0.1) is 29.6 Å². The third kappa shape index (κ3) is 3.05. The van der Waals surface area contributed by atoms with Gasteiger partial charge in [0.15, 0.2) is 9.84 Å². The summed E-state index contributed by atoms with van der Waals surface area (Å²) < 4.78 is 42.7. The van der Waals surface area contributed by atoms with Crippen molar-refractivity contribution in [1.29, 1.82) is 0 Å². The molecule has 0 unspecified atom stereocenters. The predicted molar refractivity (Wildman–Crippen MR) is 72.5 cm³/mol. The van der Waals surface area contributed by atoms with Crippen molar-refractivity contribution < 1.29 is 17.5 Å². The van der Waals surface area contributed by atoms with Crippen LogP contribution in [-0.4, -0.2) is 20.5 Å². The van der Waals surface area contributed by atoms with Gasteiger partial charge in [-0.1, -0.05) is 0 Å². The summed E-state index contributed by atoms with van der Waals surface area (Å²) in [6, 6.07) is 5.49. The minimum Gasteiger partial charge on any atom is -0.497 e. The van der Waals surface area contributed by atoms with E-state index in [2.05, 4.69) is 4.98 Å². The molecule has 0 aliphatic heterocycles. The van der Waals surface area contributed by atoms with E-state index in [9.17, 15) is 12.8 Å². The highest BCUT2D eigenvalue weighted by molar-refractivity contribution is 7.90. The number of benzene rings is 1. The van der Waals surface area contributed by atoms with Crippen LogP contribution in [0.5, 0.6) is 5.75 Å². The maximum Gasteiger partial charge on any atom is 0.184 e. The zero-order valence-corrected chi connectivity index (χ0v) is 11.5. The number of rotatable bonds is 4.